The Morgan fingerprint density at radius 1 is 0.403 bits per heavy atom. The number of nitrogens with one attached hydrogen (secondary N) is 7. The molecule has 7 N–H and O–H groups in total. The summed E-state index contributed by atoms with van der Waals surface area (Å²) in [5.41, 5.74) is 8.77. The van der Waals surface area contributed by atoms with Crippen LogP contribution in [0.3, 0.4) is 0 Å². The molecule has 16 aromatic rings. The average molecular weight is 1870 g/mol. The van der Waals surface area contributed by atoms with Crippen molar-refractivity contribution in [3.63, 3.8) is 0 Å². The van der Waals surface area contributed by atoms with Crippen molar-refractivity contribution in [1.82, 2.24) is 83.5 Å². The van der Waals surface area contributed by atoms with Crippen molar-refractivity contribution < 1.29 is 65.5 Å². The van der Waals surface area contributed by atoms with E-state index in [2.05, 4.69) is 55.4 Å². The number of pyridine rings is 2. The Bertz CT molecular complexity index is 7220. The largest absolute Gasteiger partial charge is 0.432 e. The van der Waals surface area contributed by atoms with E-state index in [1.807, 2.05) is 41.5 Å². The summed E-state index contributed by atoms with van der Waals surface area (Å²) in [7, 11) is -3.29. The van der Waals surface area contributed by atoms with Crippen molar-refractivity contribution >= 4 is 43.9 Å². The summed E-state index contributed by atoms with van der Waals surface area (Å²) in [5.74, 6) is 0.0925. The number of piperidine rings is 1. The fraction of sp³-hybridized carbons (Fsp3) is 0.271. The van der Waals surface area contributed by atoms with Gasteiger partial charge in [0.2, 0.25) is 21.9 Å². The van der Waals surface area contributed by atoms with E-state index >= 15 is 0 Å². The van der Waals surface area contributed by atoms with E-state index in [-0.39, 0.29) is 87.6 Å². The van der Waals surface area contributed by atoms with E-state index in [1.54, 1.807) is 69.9 Å². The van der Waals surface area contributed by atoms with E-state index < -0.39 is 62.3 Å². The van der Waals surface area contributed by atoms with Crippen LogP contribution in [-0.2, 0) is 86.3 Å². The Morgan fingerprint density at radius 3 is 1.23 bits per heavy atom. The lowest BCUT2D eigenvalue weighted by atomic mass is 9.90. The highest BCUT2D eigenvalue weighted by Crippen LogP contribution is 2.42. The number of aliphatic imine (C=N–C) groups is 1. The predicted octanol–water partition coefficient (Wildman–Crippen LogP) is 18.9. The van der Waals surface area contributed by atoms with Crippen LogP contribution in [0, 0.1) is 23.3 Å². The third-order valence-corrected chi connectivity index (χ3v) is 26.8. The predicted molar refractivity (Wildman–Crippen MR) is 476 cm³/mol. The zero-order valence-corrected chi connectivity index (χ0v) is 72.1. The molecule has 134 heavy (non-hydrogen) atoms. The summed E-state index contributed by atoms with van der Waals surface area (Å²) in [6.45, 7) is 0.945. The number of imidazole rings is 2. The Labute approximate surface area is 754 Å². The first kappa shape index (κ1) is 91.6. The number of sulfonamides is 1. The molecule has 24 nitrogen and oxygen atoms in total. The van der Waals surface area contributed by atoms with Crippen LogP contribution in [0.25, 0.3) is 62.6 Å². The molecule has 7 aromatic carbocycles. The van der Waals surface area contributed by atoms with Gasteiger partial charge in [-0.25, -0.2) is 49.9 Å². The number of para-hydroxylation sites is 1. The van der Waals surface area contributed by atoms with Gasteiger partial charge in [0.15, 0.2) is 17.1 Å². The van der Waals surface area contributed by atoms with Gasteiger partial charge in [0.25, 0.3) is 22.2 Å². The molecule has 4 aliphatic rings. The van der Waals surface area contributed by atoms with Crippen LogP contribution in [0.2, 0.25) is 0 Å². The molecule has 2 saturated carbocycles. The maximum atomic E-state index is 13.8. The first-order valence-corrected chi connectivity index (χ1v) is 44.9. The smallest absolute Gasteiger partial charge is 0.321 e. The van der Waals surface area contributed by atoms with Crippen molar-refractivity contribution in [3.05, 3.63) is 356 Å². The fourth-order valence-corrected chi connectivity index (χ4v) is 19.1. The van der Waals surface area contributed by atoms with Gasteiger partial charge < -0.3 is 9.97 Å². The Balaban J connectivity index is 0.000000125. The minimum absolute atomic E-state index is 0.0596. The van der Waals surface area contributed by atoms with E-state index in [9.17, 15) is 84.7 Å². The number of aryl methyl sites for hydroxylation is 4. The quantitative estimate of drug-likeness (QED) is 0.0332. The minimum atomic E-state index is -4.72. The molecular formula is C96H85F13N18O6S. The molecule has 0 atom stereocenters. The second-order valence-electron chi connectivity index (χ2n) is 33.3. The molecule has 0 amide bonds. The molecule has 0 unspecified atom stereocenters. The van der Waals surface area contributed by atoms with Crippen LogP contribution in [0.4, 0.5) is 62.8 Å². The molecule has 0 radical (unpaired) electrons. The van der Waals surface area contributed by atoms with Crippen LogP contribution in [0.1, 0.15) is 148 Å². The summed E-state index contributed by atoms with van der Waals surface area (Å²) < 4.78 is 203. The molecule has 11 heterocycles. The molecule has 2 aliphatic heterocycles. The van der Waals surface area contributed by atoms with E-state index in [0.717, 1.165) is 136 Å². The zero-order valence-electron chi connectivity index (χ0n) is 71.3. The number of hydrogen-bond donors (Lipinski definition) is 7. The second-order valence-corrected chi connectivity index (χ2v) is 35.5. The van der Waals surface area contributed by atoms with Gasteiger partial charge in [-0.2, -0.15) is 68.6 Å². The Kier molecular flexibility index (Phi) is 26.3. The summed E-state index contributed by atoms with van der Waals surface area (Å²) in [4.78, 5) is 81.3. The van der Waals surface area contributed by atoms with Crippen LogP contribution < -0.4 is 22.2 Å². The van der Waals surface area contributed by atoms with Gasteiger partial charge in [0.1, 0.15) is 34.8 Å². The van der Waals surface area contributed by atoms with Gasteiger partial charge >= 0.3 is 18.5 Å². The monoisotopic (exact) mass is 1860 g/mol. The number of benzene rings is 7. The normalized spacial score (nSPS) is 14.6. The molecule has 692 valence electrons. The third kappa shape index (κ3) is 20.6. The Hall–Kier alpha value is -14.3. The van der Waals surface area contributed by atoms with Gasteiger partial charge in [-0.3, -0.25) is 44.7 Å². The van der Waals surface area contributed by atoms with Gasteiger partial charge in [-0.1, -0.05) is 110 Å². The molecule has 38 heteroatoms. The molecule has 20 rings (SSSR count). The third-order valence-electron chi connectivity index (χ3n) is 24.4. The number of alkyl halides is 9. The number of H-pyrrole nitrogens is 7. The van der Waals surface area contributed by atoms with Gasteiger partial charge in [-0.15, -0.1) is 0 Å². The number of hydrogen-bond acceptors (Lipinski definition) is 12. The van der Waals surface area contributed by atoms with E-state index in [0.29, 0.717) is 133 Å². The molecule has 1 saturated heterocycles. The number of halogens is 13. The minimum Gasteiger partial charge on any atom is -0.321 e. The standard InChI is InChI=1S/C30H35FN4O3S.C24H17F4N5O.C22H15F7N4O.C20H18FN5O/c31-24-13-10-21(11-14-24)12-15-26-29(33-35(30(26)36)28-20-23-6-4-5-9-27(23)32-28)22-16-18-34(19-17-22)39(37,38)25-7-2-1-3-8-25;25-17-10-3-14(4-11-17)5-12-18-20(15-6-8-16(9-7-15)24(26,27)28)32-33(22(18)34)23-30-19-2-1-13-29-21(19)31-23;23-15-8-1-12(2-9-15)3-10-16-19(13-4-6-14(7-5-13)21(24,25)26)32-33(20(16)34)18-11-17(30-31-18)22(27,28)29;21-14-8-3-12(4-9-14)5-10-15-17(13-6-7-13)25-26(19(15)27)20-23-16-2-1-11-22-18(16)24-20/h4-6,9-11,13-14,22,25,33H,1-3,7-8,12,15-20H2;1-4,6-11,13,32H,5,12H2,(H,29,30,31);1-2,4-9,11,32H,3,10H2,(H,30,31);1-4,8-9,11,13,25H,5-7,10H2,(H,22,23,24). The molecule has 2 aliphatic carbocycles. The molecule has 0 spiro atoms. The lowest BCUT2D eigenvalue weighted by Gasteiger charge is -2.34. The second kappa shape index (κ2) is 38.5. The lowest BCUT2D eigenvalue weighted by molar-refractivity contribution is -0.141. The maximum Gasteiger partial charge on any atom is 0.432 e. The lowest BCUT2D eigenvalue weighted by Crippen LogP contribution is -2.43. The SMILES string of the molecule is O=c1c(CCc2ccc(F)cc2)c(-c2ccc(C(F)(F)F)cc2)[nH]n1-c1cc(C(F)(F)F)[nH]n1.O=c1c(CCc2ccc(F)cc2)c(-c2ccc(C(F)(F)F)cc2)[nH]n1-c1nc2ncccc2[nH]1.O=c1c(CCc2ccc(F)cc2)c(C2CC2)[nH]n1-c1nc2ncccc2[nH]1.O=c1c(CCc2ccc(F)cc2)c(C2CCN(S(=O)(=O)C3CCCCC3)CC2)[nH]n1C1=Nc2ccccc2C1. The number of nitrogens with zero attached hydrogens (tertiary/aromatic N) is 11. The summed E-state index contributed by atoms with van der Waals surface area (Å²) in [6.07, 6.45) is 1.70. The van der Waals surface area contributed by atoms with Crippen LogP contribution >= 0.6 is 0 Å². The van der Waals surface area contributed by atoms with E-state index in [1.165, 1.54) is 82.2 Å². The van der Waals surface area contributed by atoms with Gasteiger partial charge in [-0.05, 0) is 232 Å². The Morgan fingerprint density at radius 2 is 0.806 bits per heavy atom. The molecular weight excluding hydrogens is 1780 g/mol. The summed E-state index contributed by atoms with van der Waals surface area (Å²) >= 11 is 0. The van der Waals surface area contributed by atoms with Gasteiger partial charge in [0.05, 0.1) is 44.5 Å². The zero-order chi connectivity index (χ0) is 93.9. The fourth-order valence-electron chi connectivity index (χ4n) is 17.0. The van der Waals surface area contributed by atoms with Crippen molar-refractivity contribution in [1.29, 1.82) is 0 Å². The number of fused-ring (bicyclic) bond motifs is 3. The summed E-state index contributed by atoms with van der Waals surface area (Å²) in [5, 5.41) is 17.4. The molecule has 9 aromatic heterocycles. The highest BCUT2D eigenvalue weighted by molar-refractivity contribution is 7.89. The van der Waals surface area contributed by atoms with E-state index in [4.69, 9.17) is 4.99 Å². The molecule has 3 fully saturated rings. The number of aromatic nitrogens is 16. The van der Waals surface area contributed by atoms with Crippen LogP contribution in [0.15, 0.2) is 237 Å². The van der Waals surface area contributed by atoms with Crippen molar-refractivity contribution in [3.8, 4) is 40.2 Å². The molecule has 0 bridgehead atoms. The van der Waals surface area contributed by atoms with Crippen molar-refractivity contribution in [2.75, 3.05) is 13.1 Å². The number of rotatable bonds is 21. The van der Waals surface area contributed by atoms with Gasteiger partial charge in [0, 0.05) is 83.4 Å². The average Bonchev–Trinajstić information content (AvgIpc) is 1.64. The van der Waals surface area contributed by atoms with Crippen LogP contribution in [-0.4, -0.2) is 116 Å². The number of aromatic amines is 7. The summed E-state index contributed by atoms with van der Waals surface area (Å²) in [6, 6.07) is 48.6. The highest BCUT2D eigenvalue weighted by Gasteiger charge is 2.40. The highest BCUT2D eigenvalue weighted by atomic mass is 32.2. The first-order chi connectivity index (χ1) is 64.3. The van der Waals surface area contributed by atoms with Crippen LogP contribution in [0.5, 0.6) is 0 Å². The van der Waals surface area contributed by atoms with Crippen molar-refractivity contribution in [2.45, 2.75) is 151 Å². The maximum absolute atomic E-state index is 13.8. The first-order valence-electron chi connectivity index (χ1n) is 43.4. The van der Waals surface area contributed by atoms with Crippen molar-refractivity contribution in [2.24, 2.45) is 4.99 Å². The topological polar surface area (TPSA) is 313 Å².